The second-order valence-corrected chi connectivity index (χ2v) is 16.6. The molecule has 1 unspecified atom stereocenters. The summed E-state index contributed by atoms with van der Waals surface area (Å²) >= 11 is 0. The fourth-order valence-corrected chi connectivity index (χ4v) is 8.19. The molecular formula is C32H53N5O7S. The zero-order valence-electron chi connectivity index (χ0n) is 27.5. The Morgan fingerprint density at radius 1 is 0.889 bits per heavy atom. The monoisotopic (exact) mass is 651 g/mol. The second-order valence-electron chi connectivity index (χ2n) is 14.8. The first-order valence-corrected chi connectivity index (χ1v) is 18.7. The lowest BCUT2D eigenvalue weighted by Crippen LogP contribution is -2.62. The van der Waals surface area contributed by atoms with E-state index in [1.165, 1.54) is 0 Å². The molecule has 254 valence electrons. The predicted octanol–water partition coefficient (Wildman–Crippen LogP) is 1.78. The summed E-state index contributed by atoms with van der Waals surface area (Å²) in [4.78, 5) is 69.3. The van der Waals surface area contributed by atoms with Crippen molar-refractivity contribution < 1.29 is 32.4 Å². The third-order valence-corrected chi connectivity index (χ3v) is 10.6. The summed E-state index contributed by atoms with van der Waals surface area (Å²) in [5.41, 5.74) is -0.755. The number of amides is 4. The molecule has 0 bridgehead atoms. The number of Topliss-reactive ketones (excluding diaryl/α,β-unsaturated/α-hetero) is 1. The third-order valence-electron chi connectivity index (χ3n) is 9.93. The summed E-state index contributed by atoms with van der Waals surface area (Å²) in [6, 6.07) is -3.85. The summed E-state index contributed by atoms with van der Waals surface area (Å²) in [6.07, 6.45) is 10.4. The van der Waals surface area contributed by atoms with E-state index in [1.54, 1.807) is 4.90 Å². The van der Waals surface area contributed by atoms with Crippen LogP contribution < -0.4 is 20.7 Å². The minimum absolute atomic E-state index is 0.0107. The van der Waals surface area contributed by atoms with Gasteiger partial charge in [-0.25, -0.2) is 13.1 Å². The van der Waals surface area contributed by atoms with E-state index < -0.39 is 69.0 Å². The number of carbonyl (C=O) groups is 5. The average Bonchev–Trinajstić information content (AvgIpc) is 3.53. The molecule has 0 radical (unpaired) electrons. The van der Waals surface area contributed by atoms with Crippen LogP contribution in [-0.4, -0.2) is 85.7 Å². The molecule has 0 aromatic rings. The number of hydrogen-bond acceptors (Lipinski definition) is 7. The predicted molar refractivity (Wildman–Crippen MR) is 169 cm³/mol. The second kappa shape index (κ2) is 14.5. The van der Waals surface area contributed by atoms with E-state index in [9.17, 15) is 32.4 Å². The Labute approximate surface area is 268 Å². The van der Waals surface area contributed by atoms with Gasteiger partial charge in [-0.2, -0.15) is 0 Å². The number of hydrogen-bond donors (Lipinski definition) is 4. The normalized spacial score (nSPS) is 26.0. The van der Waals surface area contributed by atoms with Gasteiger partial charge in [-0.3, -0.25) is 24.0 Å². The molecule has 0 aromatic carbocycles. The molecule has 4 amide bonds. The van der Waals surface area contributed by atoms with E-state index in [0.717, 1.165) is 57.6 Å². The molecule has 6 atom stereocenters. The van der Waals surface area contributed by atoms with Crippen molar-refractivity contribution in [1.29, 1.82) is 0 Å². The van der Waals surface area contributed by atoms with Crippen LogP contribution >= 0.6 is 0 Å². The van der Waals surface area contributed by atoms with Crippen LogP contribution in [0.1, 0.15) is 105 Å². The Bertz CT molecular complexity index is 1240. The zero-order valence-corrected chi connectivity index (χ0v) is 28.3. The lowest BCUT2D eigenvalue weighted by Gasteiger charge is -2.38. The SMILES string of the molecule is CCC[C@@H](NC(=O)[C@@H]1C2CCC[C@H]2CN1C(=O)[C@@H](NC(=O)[C@H](NS(C)(=O)=O)C1CCCCC1)C(C)(C)C)C(=O)C(=O)NC1CC1. The molecule has 4 fully saturated rings. The minimum atomic E-state index is -3.70. The topological polar surface area (TPSA) is 171 Å². The highest BCUT2D eigenvalue weighted by molar-refractivity contribution is 7.88. The molecular weight excluding hydrogens is 598 g/mol. The highest BCUT2D eigenvalue weighted by atomic mass is 32.2. The lowest BCUT2D eigenvalue weighted by atomic mass is 9.82. The maximum atomic E-state index is 14.4. The number of nitrogens with zero attached hydrogens (tertiary/aromatic N) is 1. The summed E-state index contributed by atoms with van der Waals surface area (Å²) in [5, 5.41) is 8.44. The number of rotatable bonds is 13. The molecule has 0 spiro atoms. The number of carbonyl (C=O) groups excluding carboxylic acids is 5. The first-order chi connectivity index (χ1) is 21.1. The van der Waals surface area contributed by atoms with Crippen molar-refractivity contribution in [2.75, 3.05) is 12.8 Å². The van der Waals surface area contributed by atoms with E-state index in [-0.39, 0.29) is 23.8 Å². The Hall–Kier alpha value is -2.54. The van der Waals surface area contributed by atoms with Crippen LogP contribution in [0.2, 0.25) is 0 Å². The smallest absolute Gasteiger partial charge is 0.289 e. The molecule has 1 aliphatic heterocycles. The van der Waals surface area contributed by atoms with Gasteiger partial charge >= 0.3 is 0 Å². The molecule has 1 heterocycles. The highest BCUT2D eigenvalue weighted by Crippen LogP contribution is 2.43. The first kappa shape index (κ1) is 35.3. The fourth-order valence-electron chi connectivity index (χ4n) is 7.43. The molecule has 4 rings (SSSR count). The summed E-state index contributed by atoms with van der Waals surface area (Å²) in [6.45, 7) is 7.72. The van der Waals surface area contributed by atoms with E-state index >= 15 is 0 Å². The quantitative estimate of drug-likeness (QED) is 0.220. The molecule has 3 aliphatic carbocycles. The van der Waals surface area contributed by atoms with Crippen LogP contribution in [-0.2, 0) is 34.0 Å². The average molecular weight is 652 g/mol. The molecule has 13 heteroatoms. The van der Waals surface area contributed by atoms with Crippen molar-refractivity contribution in [1.82, 2.24) is 25.6 Å². The van der Waals surface area contributed by atoms with Gasteiger partial charge in [0.2, 0.25) is 33.5 Å². The largest absolute Gasteiger partial charge is 0.347 e. The van der Waals surface area contributed by atoms with Crippen molar-refractivity contribution in [2.24, 2.45) is 23.2 Å². The number of sulfonamides is 1. The van der Waals surface area contributed by atoms with Crippen molar-refractivity contribution in [3.63, 3.8) is 0 Å². The standard InChI is InChI=1S/C32H53N5O7S/c1-6-11-23(26(38)30(41)33-21-16-17-21)34-29(40)25-22-15-10-14-20(22)18-37(25)31(42)27(32(2,3)4)35-28(39)24(36-45(5,43)44)19-12-8-7-9-13-19/h19-25,27,36H,6-18H2,1-5H3,(H,33,41)(H,34,40)(H,35,39)/t20-,22?,23+,24+,25-,27+/m0/s1. The van der Waals surface area contributed by atoms with Crippen LogP contribution in [0.25, 0.3) is 0 Å². The molecule has 0 aromatic heterocycles. The summed E-state index contributed by atoms with van der Waals surface area (Å²) < 4.78 is 27.1. The molecule has 1 saturated heterocycles. The van der Waals surface area contributed by atoms with Crippen molar-refractivity contribution >= 4 is 39.4 Å². The van der Waals surface area contributed by atoms with Crippen molar-refractivity contribution in [3.05, 3.63) is 0 Å². The van der Waals surface area contributed by atoms with Gasteiger partial charge in [0.25, 0.3) is 5.91 Å². The van der Waals surface area contributed by atoms with Gasteiger partial charge in [-0.05, 0) is 68.1 Å². The summed E-state index contributed by atoms with van der Waals surface area (Å²) in [7, 11) is -3.70. The first-order valence-electron chi connectivity index (χ1n) is 16.8. The van der Waals surface area contributed by atoms with Gasteiger partial charge in [0, 0.05) is 12.6 Å². The Morgan fingerprint density at radius 2 is 1.56 bits per heavy atom. The van der Waals surface area contributed by atoms with Gasteiger partial charge in [0.15, 0.2) is 0 Å². The zero-order chi connectivity index (χ0) is 33.1. The van der Waals surface area contributed by atoms with Gasteiger partial charge in [0.1, 0.15) is 18.1 Å². The van der Waals surface area contributed by atoms with Crippen LogP contribution in [0.3, 0.4) is 0 Å². The number of ketones is 1. The molecule has 12 nitrogen and oxygen atoms in total. The fraction of sp³-hybridized carbons (Fsp3) is 0.844. The number of nitrogens with one attached hydrogen (secondary N) is 4. The van der Waals surface area contributed by atoms with Crippen molar-refractivity contribution in [2.45, 2.75) is 135 Å². The number of fused-ring (bicyclic) bond motifs is 1. The molecule has 3 saturated carbocycles. The van der Waals surface area contributed by atoms with Crippen LogP contribution in [0.4, 0.5) is 0 Å². The van der Waals surface area contributed by atoms with Crippen LogP contribution in [0.15, 0.2) is 0 Å². The number of likely N-dealkylation sites (tertiary alicyclic amines) is 1. The van der Waals surface area contributed by atoms with Gasteiger partial charge in [-0.15, -0.1) is 0 Å². The van der Waals surface area contributed by atoms with Crippen LogP contribution in [0.5, 0.6) is 0 Å². The van der Waals surface area contributed by atoms with Gasteiger partial charge < -0.3 is 20.9 Å². The molecule has 4 N–H and O–H groups in total. The van der Waals surface area contributed by atoms with E-state index in [2.05, 4.69) is 20.7 Å². The van der Waals surface area contributed by atoms with Gasteiger partial charge in [-0.1, -0.05) is 59.8 Å². The lowest BCUT2D eigenvalue weighted by molar-refractivity contribution is -0.146. The Kier molecular flexibility index (Phi) is 11.4. The molecule has 45 heavy (non-hydrogen) atoms. The summed E-state index contributed by atoms with van der Waals surface area (Å²) in [5.74, 6) is -2.94. The van der Waals surface area contributed by atoms with E-state index in [4.69, 9.17) is 0 Å². The Balaban J connectivity index is 1.55. The highest BCUT2D eigenvalue weighted by Gasteiger charge is 2.52. The molecule has 4 aliphatic rings. The van der Waals surface area contributed by atoms with E-state index in [1.807, 2.05) is 27.7 Å². The minimum Gasteiger partial charge on any atom is -0.347 e. The maximum Gasteiger partial charge on any atom is 0.289 e. The third kappa shape index (κ3) is 9.05. The van der Waals surface area contributed by atoms with Crippen LogP contribution in [0, 0.1) is 23.2 Å². The van der Waals surface area contributed by atoms with Crippen molar-refractivity contribution in [3.8, 4) is 0 Å². The van der Waals surface area contributed by atoms with Gasteiger partial charge in [0.05, 0.1) is 12.3 Å². The van der Waals surface area contributed by atoms with E-state index in [0.29, 0.717) is 32.2 Å². The maximum absolute atomic E-state index is 14.4. The Morgan fingerprint density at radius 3 is 2.13 bits per heavy atom.